The van der Waals surface area contributed by atoms with Crippen LogP contribution in [-0.4, -0.2) is 58.7 Å². The fourth-order valence-electron chi connectivity index (χ4n) is 4.01. The van der Waals surface area contributed by atoms with E-state index in [0.717, 1.165) is 51.0 Å². The number of carboxylic acids is 1. The van der Waals surface area contributed by atoms with Gasteiger partial charge in [-0.1, -0.05) is 12.1 Å². The smallest absolute Gasteiger partial charge is 0.320 e. The third-order valence-electron chi connectivity index (χ3n) is 5.26. The summed E-state index contributed by atoms with van der Waals surface area (Å²) in [5, 5.41) is 18.8. The Morgan fingerprint density at radius 2 is 2.09 bits per heavy atom. The van der Waals surface area contributed by atoms with Crippen molar-refractivity contribution in [2.24, 2.45) is 5.41 Å². The van der Waals surface area contributed by atoms with Crippen molar-refractivity contribution < 1.29 is 15.0 Å². The minimum Gasteiger partial charge on any atom is -0.508 e. The van der Waals surface area contributed by atoms with Gasteiger partial charge in [0.05, 0.1) is 0 Å². The molecule has 2 N–H and O–H groups in total. The molecule has 2 heterocycles. The second kappa shape index (κ2) is 5.89. The summed E-state index contributed by atoms with van der Waals surface area (Å²) in [5.41, 5.74) is 1.30. The molecule has 0 saturated carbocycles. The number of benzene rings is 1. The summed E-state index contributed by atoms with van der Waals surface area (Å²) in [6.45, 7) is 3.73. The third kappa shape index (κ3) is 3.10. The van der Waals surface area contributed by atoms with Gasteiger partial charge < -0.3 is 10.2 Å². The number of nitrogens with zero attached hydrogens (tertiary/aromatic N) is 2. The van der Waals surface area contributed by atoms with E-state index in [-0.39, 0.29) is 11.5 Å². The molecule has 3 rings (SSSR count). The molecule has 2 aliphatic heterocycles. The van der Waals surface area contributed by atoms with Crippen LogP contribution < -0.4 is 0 Å². The molecule has 5 nitrogen and oxygen atoms in total. The van der Waals surface area contributed by atoms with Crippen molar-refractivity contribution >= 4 is 5.97 Å². The summed E-state index contributed by atoms with van der Waals surface area (Å²) in [4.78, 5) is 15.7. The number of hydrogen-bond acceptors (Lipinski definition) is 4. The van der Waals surface area contributed by atoms with Crippen LogP contribution in [0.5, 0.6) is 5.75 Å². The number of carbonyl (C=O) groups is 1. The van der Waals surface area contributed by atoms with Crippen LogP contribution in [0.2, 0.25) is 0 Å². The molecule has 1 aromatic rings. The van der Waals surface area contributed by atoms with Crippen LogP contribution >= 0.6 is 0 Å². The maximum absolute atomic E-state index is 11.3. The first kappa shape index (κ1) is 15.3. The predicted molar refractivity (Wildman–Crippen MR) is 83.7 cm³/mol. The molecule has 0 radical (unpaired) electrons. The molecule has 0 bridgehead atoms. The van der Waals surface area contributed by atoms with Gasteiger partial charge in [0.25, 0.3) is 0 Å². The van der Waals surface area contributed by atoms with E-state index >= 15 is 0 Å². The van der Waals surface area contributed by atoms with Crippen molar-refractivity contribution in [2.75, 3.05) is 26.7 Å². The number of likely N-dealkylation sites (N-methyl/N-ethyl adjacent to an activating group) is 1. The lowest BCUT2D eigenvalue weighted by molar-refractivity contribution is -0.141. The average molecular weight is 304 g/mol. The lowest BCUT2D eigenvalue weighted by Crippen LogP contribution is -2.40. The van der Waals surface area contributed by atoms with Gasteiger partial charge in [-0.05, 0) is 62.5 Å². The molecule has 1 spiro atoms. The normalized spacial score (nSPS) is 25.6. The van der Waals surface area contributed by atoms with E-state index in [0.29, 0.717) is 5.75 Å². The Morgan fingerprint density at radius 1 is 1.36 bits per heavy atom. The molecule has 22 heavy (non-hydrogen) atoms. The van der Waals surface area contributed by atoms with Crippen LogP contribution in [0.4, 0.5) is 0 Å². The Bertz CT molecular complexity index is 553. The Hall–Kier alpha value is -1.59. The predicted octanol–water partition coefficient (Wildman–Crippen LogP) is 1.76. The molecule has 1 aromatic carbocycles. The van der Waals surface area contributed by atoms with Gasteiger partial charge in [-0.25, -0.2) is 0 Å². The standard InChI is InChI=1S/C17H24N2O3/c1-18-12-17(10-15(18)16(21)22)5-7-19(8-6-17)11-13-3-2-4-14(20)9-13/h2-4,9,15,20H,5-8,10-12H2,1H3,(H,21,22). The van der Waals surface area contributed by atoms with Gasteiger partial charge in [0.15, 0.2) is 0 Å². The zero-order valence-corrected chi connectivity index (χ0v) is 13.0. The second-order valence-corrected chi connectivity index (χ2v) is 6.92. The Kier molecular flexibility index (Phi) is 4.10. The summed E-state index contributed by atoms with van der Waals surface area (Å²) in [6.07, 6.45) is 2.89. The van der Waals surface area contributed by atoms with Crippen molar-refractivity contribution in [2.45, 2.75) is 31.8 Å². The molecule has 120 valence electrons. The van der Waals surface area contributed by atoms with E-state index in [1.807, 2.05) is 30.1 Å². The molecule has 0 aromatic heterocycles. The number of aliphatic carboxylic acids is 1. The van der Waals surface area contributed by atoms with Crippen molar-refractivity contribution in [3.05, 3.63) is 29.8 Å². The number of phenolic OH excluding ortho intramolecular Hbond substituents is 1. The molecule has 2 aliphatic rings. The first-order valence-electron chi connectivity index (χ1n) is 7.91. The Labute approximate surface area is 131 Å². The molecule has 1 unspecified atom stereocenters. The molecule has 0 aliphatic carbocycles. The SMILES string of the molecule is CN1CC2(CCN(Cc3cccc(O)c3)CC2)CC1C(=O)O. The first-order chi connectivity index (χ1) is 10.5. The number of rotatable bonds is 3. The molecular formula is C17H24N2O3. The average Bonchev–Trinajstić information content (AvgIpc) is 2.79. The minimum absolute atomic E-state index is 0.174. The number of phenols is 1. The van der Waals surface area contributed by atoms with E-state index in [1.54, 1.807) is 6.07 Å². The monoisotopic (exact) mass is 304 g/mol. The van der Waals surface area contributed by atoms with Crippen LogP contribution in [0.15, 0.2) is 24.3 Å². The number of carboxylic acid groups (broad SMARTS) is 1. The van der Waals surface area contributed by atoms with Gasteiger partial charge >= 0.3 is 5.97 Å². The lowest BCUT2D eigenvalue weighted by atomic mass is 9.76. The zero-order chi connectivity index (χ0) is 15.7. The van der Waals surface area contributed by atoms with E-state index in [9.17, 15) is 15.0 Å². The minimum atomic E-state index is -0.693. The first-order valence-corrected chi connectivity index (χ1v) is 7.91. The maximum atomic E-state index is 11.3. The number of likely N-dealkylation sites (tertiary alicyclic amines) is 2. The maximum Gasteiger partial charge on any atom is 0.320 e. The fraction of sp³-hybridized carbons (Fsp3) is 0.588. The molecule has 1 atom stereocenters. The Balaban J connectivity index is 1.58. The number of hydrogen-bond donors (Lipinski definition) is 2. The third-order valence-corrected chi connectivity index (χ3v) is 5.26. The van der Waals surface area contributed by atoms with Crippen LogP contribution in [0, 0.1) is 5.41 Å². The summed E-state index contributed by atoms with van der Waals surface area (Å²) in [7, 11) is 1.92. The van der Waals surface area contributed by atoms with E-state index in [2.05, 4.69) is 4.90 Å². The largest absolute Gasteiger partial charge is 0.508 e. The van der Waals surface area contributed by atoms with Crippen molar-refractivity contribution in [1.29, 1.82) is 0 Å². The van der Waals surface area contributed by atoms with E-state index in [1.165, 1.54) is 0 Å². The summed E-state index contributed by atoms with van der Waals surface area (Å²) in [5.74, 6) is -0.380. The summed E-state index contributed by atoms with van der Waals surface area (Å²) in [6, 6.07) is 7.09. The van der Waals surface area contributed by atoms with Crippen molar-refractivity contribution in [3.63, 3.8) is 0 Å². The highest BCUT2D eigenvalue weighted by Gasteiger charge is 2.46. The van der Waals surface area contributed by atoms with Gasteiger partial charge in [-0.15, -0.1) is 0 Å². The molecular weight excluding hydrogens is 280 g/mol. The highest BCUT2D eigenvalue weighted by Crippen LogP contribution is 2.43. The van der Waals surface area contributed by atoms with E-state index < -0.39 is 5.97 Å². The quantitative estimate of drug-likeness (QED) is 0.891. The van der Waals surface area contributed by atoms with Crippen LogP contribution in [0.3, 0.4) is 0 Å². The highest BCUT2D eigenvalue weighted by molar-refractivity contribution is 5.74. The van der Waals surface area contributed by atoms with Gasteiger partial charge in [-0.3, -0.25) is 14.6 Å². The number of piperidine rings is 1. The van der Waals surface area contributed by atoms with Crippen LogP contribution in [0.25, 0.3) is 0 Å². The highest BCUT2D eigenvalue weighted by atomic mass is 16.4. The van der Waals surface area contributed by atoms with Gasteiger partial charge in [0.2, 0.25) is 0 Å². The van der Waals surface area contributed by atoms with Crippen LogP contribution in [0.1, 0.15) is 24.8 Å². The second-order valence-electron chi connectivity index (χ2n) is 6.92. The molecule has 2 fully saturated rings. The molecule has 0 amide bonds. The zero-order valence-electron chi connectivity index (χ0n) is 13.0. The van der Waals surface area contributed by atoms with E-state index in [4.69, 9.17) is 0 Å². The van der Waals surface area contributed by atoms with Gasteiger partial charge in [0.1, 0.15) is 11.8 Å². The Morgan fingerprint density at radius 3 is 2.68 bits per heavy atom. The van der Waals surface area contributed by atoms with Gasteiger partial charge in [-0.2, -0.15) is 0 Å². The van der Waals surface area contributed by atoms with Gasteiger partial charge in [0, 0.05) is 13.1 Å². The summed E-state index contributed by atoms with van der Waals surface area (Å²) >= 11 is 0. The number of aromatic hydroxyl groups is 1. The summed E-state index contributed by atoms with van der Waals surface area (Å²) < 4.78 is 0. The fourth-order valence-corrected chi connectivity index (χ4v) is 4.01. The topological polar surface area (TPSA) is 64.0 Å². The van der Waals surface area contributed by atoms with Crippen LogP contribution in [-0.2, 0) is 11.3 Å². The molecule has 2 saturated heterocycles. The van der Waals surface area contributed by atoms with Crippen molar-refractivity contribution in [1.82, 2.24) is 9.80 Å². The van der Waals surface area contributed by atoms with Crippen molar-refractivity contribution in [3.8, 4) is 5.75 Å². The molecule has 5 heteroatoms. The lowest BCUT2D eigenvalue weighted by Gasteiger charge is -2.39.